The topological polar surface area (TPSA) is 77.1 Å². The first-order valence-corrected chi connectivity index (χ1v) is 10.6. The van der Waals surface area contributed by atoms with Gasteiger partial charge in [0.15, 0.2) is 5.72 Å². The lowest BCUT2D eigenvalue weighted by atomic mass is 9.42. The van der Waals surface area contributed by atoms with E-state index in [-0.39, 0.29) is 30.8 Å². The van der Waals surface area contributed by atoms with E-state index in [9.17, 15) is 9.59 Å². The number of rotatable bonds is 3. The van der Waals surface area contributed by atoms with E-state index in [2.05, 4.69) is 22.4 Å². The number of anilines is 1. The number of ether oxygens (including phenoxy) is 3. The fourth-order valence-corrected chi connectivity index (χ4v) is 7.51. The van der Waals surface area contributed by atoms with Crippen LogP contribution in [0.5, 0.6) is 0 Å². The minimum atomic E-state index is -1.06. The highest BCUT2D eigenvalue weighted by molar-refractivity contribution is 5.86. The van der Waals surface area contributed by atoms with Crippen LogP contribution >= 0.6 is 0 Å². The molecule has 0 unspecified atom stereocenters. The predicted molar refractivity (Wildman–Crippen MR) is 107 cm³/mol. The molecule has 6 atom stereocenters. The number of hydrogen-bond donors (Lipinski definition) is 1. The van der Waals surface area contributed by atoms with E-state index in [1.54, 1.807) is 0 Å². The molecule has 1 saturated carbocycles. The zero-order valence-corrected chi connectivity index (χ0v) is 17.4. The first kappa shape index (κ1) is 18.4. The van der Waals surface area contributed by atoms with E-state index in [4.69, 9.17) is 14.2 Å². The number of hydrogen-bond acceptors (Lipinski definition) is 7. The third-order valence-corrected chi connectivity index (χ3v) is 8.44. The predicted octanol–water partition coefficient (Wildman–Crippen LogP) is 2.18. The van der Waals surface area contributed by atoms with Crippen molar-refractivity contribution in [2.75, 3.05) is 25.6 Å². The highest BCUT2D eigenvalue weighted by atomic mass is 16.6. The number of allylic oxidation sites excluding steroid dienone is 1. The van der Waals surface area contributed by atoms with E-state index in [0.29, 0.717) is 6.42 Å². The summed E-state index contributed by atoms with van der Waals surface area (Å²) >= 11 is 0. The van der Waals surface area contributed by atoms with Crippen molar-refractivity contribution >= 4 is 17.6 Å². The molecule has 0 radical (unpaired) electrons. The van der Waals surface area contributed by atoms with Gasteiger partial charge >= 0.3 is 11.9 Å². The van der Waals surface area contributed by atoms with Gasteiger partial charge in [0.25, 0.3) is 0 Å². The summed E-state index contributed by atoms with van der Waals surface area (Å²) in [6.07, 6.45) is 3.45. The van der Waals surface area contributed by atoms with Gasteiger partial charge in [-0.2, -0.15) is 0 Å². The molecule has 0 amide bonds. The maximum absolute atomic E-state index is 13.8. The average Bonchev–Trinajstić information content (AvgIpc) is 3.35. The van der Waals surface area contributed by atoms with Gasteiger partial charge in [0.1, 0.15) is 18.2 Å². The number of benzene rings is 1. The monoisotopic (exact) mass is 410 g/mol. The molecule has 7 nitrogen and oxygen atoms in total. The van der Waals surface area contributed by atoms with Crippen LogP contribution in [-0.4, -0.2) is 55.1 Å². The van der Waals surface area contributed by atoms with Crippen LogP contribution in [0.1, 0.15) is 32.3 Å². The molecule has 6 rings (SSSR count). The number of piperidine rings is 2. The number of esters is 2. The summed E-state index contributed by atoms with van der Waals surface area (Å²) in [6.45, 7) is 4.15. The molecule has 1 spiro atoms. The Balaban J connectivity index is 1.69. The molecular weight excluding hydrogens is 384 g/mol. The lowest BCUT2D eigenvalue weighted by molar-refractivity contribution is -0.196. The highest BCUT2D eigenvalue weighted by Crippen LogP contribution is 2.76. The Hall–Kier alpha value is -2.38. The summed E-state index contributed by atoms with van der Waals surface area (Å²) in [5.41, 5.74) is 0.775. The van der Waals surface area contributed by atoms with Crippen molar-refractivity contribution in [1.29, 1.82) is 0 Å². The minimum absolute atomic E-state index is 0.0163. The number of fused-ring (bicyclic) bond motifs is 4. The molecule has 1 N–H and O–H groups in total. The highest BCUT2D eigenvalue weighted by Gasteiger charge is 2.87. The second-order valence-electron chi connectivity index (χ2n) is 9.17. The smallest absolute Gasteiger partial charge is 0.317 e. The maximum atomic E-state index is 13.8. The fraction of sp³-hybridized carbons (Fsp3) is 0.565. The van der Waals surface area contributed by atoms with Crippen molar-refractivity contribution in [3.8, 4) is 0 Å². The van der Waals surface area contributed by atoms with Gasteiger partial charge in [-0.05, 0) is 25.0 Å². The zero-order chi connectivity index (χ0) is 20.9. The molecule has 4 heterocycles. The molecule has 3 saturated heterocycles. The number of carbonyl (C=O) groups is 2. The molecule has 0 aromatic heterocycles. The van der Waals surface area contributed by atoms with Gasteiger partial charge in [0.05, 0.1) is 18.6 Å². The molecule has 7 heteroatoms. The van der Waals surface area contributed by atoms with Crippen molar-refractivity contribution in [2.45, 2.75) is 50.1 Å². The third kappa shape index (κ3) is 1.70. The van der Waals surface area contributed by atoms with Crippen molar-refractivity contribution in [2.24, 2.45) is 11.3 Å². The van der Waals surface area contributed by atoms with Gasteiger partial charge in [-0.25, -0.2) is 0 Å². The number of nitrogens with one attached hydrogen (secondary N) is 1. The molecule has 4 bridgehead atoms. The summed E-state index contributed by atoms with van der Waals surface area (Å²) in [5.74, 6) is -0.804. The summed E-state index contributed by atoms with van der Waals surface area (Å²) in [5, 5.41) is 3.70. The minimum Gasteiger partial charge on any atom is -0.468 e. The van der Waals surface area contributed by atoms with E-state index in [0.717, 1.165) is 24.2 Å². The third-order valence-electron chi connectivity index (χ3n) is 8.44. The maximum Gasteiger partial charge on any atom is 0.317 e. The fourth-order valence-electron chi connectivity index (χ4n) is 7.51. The van der Waals surface area contributed by atoms with Crippen molar-refractivity contribution in [3.63, 3.8) is 0 Å². The Labute approximate surface area is 175 Å². The molecule has 158 valence electrons. The van der Waals surface area contributed by atoms with Gasteiger partial charge in [-0.15, -0.1) is 0 Å². The largest absolute Gasteiger partial charge is 0.468 e. The second kappa shape index (κ2) is 5.65. The Morgan fingerprint density at radius 1 is 1.37 bits per heavy atom. The van der Waals surface area contributed by atoms with Crippen LogP contribution in [0.3, 0.4) is 0 Å². The van der Waals surface area contributed by atoms with E-state index < -0.39 is 22.5 Å². The Morgan fingerprint density at radius 3 is 2.90 bits per heavy atom. The molecule has 1 aromatic carbocycles. The van der Waals surface area contributed by atoms with E-state index in [1.807, 2.05) is 25.1 Å². The van der Waals surface area contributed by atoms with Crippen LogP contribution in [0.25, 0.3) is 0 Å². The van der Waals surface area contributed by atoms with Gasteiger partial charge in [0.2, 0.25) is 0 Å². The van der Waals surface area contributed by atoms with Gasteiger partial charge in [-0.3, -0.25) is 14.5 Å². The van der Waals surface area contributed by atoms with Gasteiger partial charge in [0, 0.05) is 31.5 Å². The average molecular weight is 410 g/mol. The molecule has 30 heavy (non-hydrogen) atoms. The number of methoxy groups -OCH3 is 1. The Morgan fingerprint density at radius 2 is 2.17 bits per heavy atom. The quantitative estimate of drug-likeness (QED) is 0.605. The molecular formula is C23H26N2O5. The van der Waals surface area contributed by atoms with Crippen molar-refractivity contribution in [1.82, 2.24) is 4.90 Å². The van der Waals surface area contributed by atoms with Crippen molar-refractivity contribution < 1.29 is 23.8 Å². The van der Waals surface area contributed by atoms with Crippen molar-refractivity contribution in [3.05, 3.63) is 41.5 Å². The summed E-state index contributed by atoms with van der Waals surface area (Å²) < 4.78 is 17.9. The summed E-state index contributed by atoms with van der Waals surface area (Å²) in [4.78, 5) is 28.2. The molecule has 4 fully saturated rings. The standard InChI is InChI=1S/C23H26N2O5/c1-4-14-11-25-18-9-16(14)21(20(27)28-3,12-29-13(2)26)22-10-19(25)30-23(18,22)24-17-8-6-5-7-15(17)22/h4-8,16,18-19,24H,9-12H2,1-3H3/b14-4-/t16-,18-,19-,21+,22-,23-/m0/s1. The molecule has 1 aromatic rings. The van der Waals surface area contributed by atoms with E-state index in [1.165, 1.54) is 19.6 Å². The molecule has 1 aliphatic carbocycles. The molecule has 5 aliphatic rings. The number of para-hydroxylation sites is 1. The van der Waals surface area contributed by atoms with Crippen LogP contribution in [0, 0.1) is 11.3 Å². The van der Waals surface area contributed by atoms with Crippen LogP contribution in [0.2, 0.25) is 0 Å². The van der Waals surface area contributed by atoms with Crippen LogP contribution in [0.4, 0.5) is 5.69 Å². The van der Waals surface area contributed by atoms with E-state index >= 15 is 0 Å². The summed E-state index contributed by atoms with van der Waals surface area (Å²) in [6, 6.07) is 8.28. The number of nitrogens with zero attached hydrogens (tertiary/aromatic N) is 1. The summed E-state index contributed by atoms with van der Waals surface area (Å²) in [7, 11) is 1.43. The lowest BCUT2D eigenvalue weighted by Gasteiger charge is -2.64. The lowest BCUT2D eigenvalue weighted by Crippen LogP contribution is -2.78. The van der Waals surface area contributed by atoms with Crippen LogP contribution in [0.15, 0.2) is 35.9 Å². The molecule has 4 aliphatic heterocycles. The second-order valence-corrected chi connectivity index (χ2v) is 9.17. The Kier molecular flexibility index (Phi) is 3.46. The van der Waals surface area contributed by atoms with Crippen LogP contribution < -0.4 is 5.32 Å². The Bertz CT molecular complexity index is 1010. The first-order chi connectivity index (χ1) is 14.4. The van der Waals surface area contributed by atoms with Gasteiger partial charge in [-0.1, -0.05) is 29.8 Å². The van der Waals surface area contributed by atoms with Gasteiger partial charge < -0.3 is 19.5 Å². The normalized spacial score (nSPS) is 43.3. The zero-order valence-electron chi connectivity index (χ0n) is 17.4. The first-order valence-electron chi connectivity index (χ1n) is 10.6. The van der Waals surface area contributed by atoms with Crippen LogP contribution in [-0.2, 0) is 29.2 Å². The number of carbonyl (C=O) groups excluding carboxylic acids is 2. The SMILES string of the molecule is C/C=C1/CN2[C@@H]3C[C@@]45c6ccccc6N[C@]4(O3)[C@@H]2C[C@@H]1[C@]5(COC(C)=O)C(=O)OC.